The van der Waals surface area contributed by atoms with Crippen LogP contribution in [0.1, 0.15) is 19.4 Å². The molecule has 1 N–H and O–H groups in total. The Labute approximate surface area is 162 Å². The lowest BCUT2D eigenvalue weighted by atomic mass is 10.0. The maximum absolute atomic E-state index is 13.2. The van der Waals surface area contributed by atoms with E-state index >= 15 is 0 Å². The lowest BCUT2D eigenvalue weighted by Crippen LogP contribution is -2.24. The predicted octanol–water partition coefficient (Wildman–Crippen LogP) is 3.04. The summed E-state index contributed by atoms with van der Waals surface area (Å²) in [5.74, 6) is 4.62. The van der Waals surface area contributed by atoms with Gasteiger partial charge in [0.1, 0.15) is 23.8 Å². The first-order chi connectivity index (χ1) is 13.2. The Kier molecular flexibility index (Phi) is 5.59. The van der Waals surface area contributed by atoms with E-state index in [4.69, 9.17) is 9.47 Å². The molecular formula is C20H19F2NO4S. The molecule has 0 aromatic heterocycles. The standard InChI is InChI=1S/C20H19F2NO4S/c1-20(2)13-14-6-5-7-18(19(14)27-20)26-9-4-3-8-23-28(24,25)17-11-15(21)10-16(22)12-17/h5-7,10-12,23H,8-9,13H2,1-2H3. The molecule has 2 aromatic carbocycles. The van der Waals surface area contributed by atoms with Crippen molar-refractivity contribution in [3.05, 3.63) is 53.6 Å². The molecule has 0 bridgehead atoms. The summed E-state index contributed by atoms with van der Waals surface area (Å²) in [6, 6.07) is 7.70. The fourth-order valence-corrected chi connectivity index (χ4v) is 3.79. The molecule has 1 heterocycles. The molecule has 5 nitrogen and oxygen atoms in total. The molecule has 0 saturated carbocycles. The maximum atomic E-state index is 13.2. The second-order valence-corrected chi connectivity index (χ2v) is 8.62. The fourth-order valence-electron chi connectivity index (χ4n) is 2.83. The van der Waals surface area contributed by atoms with E-state index in [1.165, 1.54) is 0 Å². The van der Waals surface area contributed by atoms with Crippen LogP contribution in [0, 0.1) is 23.5 Å². The normalized spacial score (nSPS) is 14.6. The van der Waals surface area contributed by atoms with Gasteiger partial charge in [0, 0.05) is 18.1 Å². The van der Waals surface area contributed by atoms with Gasteiger partial charge in [-0.05, 0) is 32.0 Å². The lowest BCUT2D eigenvalue weighted by molar-refractivity contribution is 0.133. The third kappa shape index (κ3) is 4.80. The summed E-state index contributed by atoms with van der Waals surface area (Å²) in [7, 11) is -4.06. The van der Waals surface area contributed by atoms with Crippen LogP contribution in [-0.4, -0.2) is 27.2 Å². The molecule has 0 amide bonds. The van der Waals surface area contributed by atoms with Gasteiger partial charge in [-0.2, -0.15) is 4.72 Å². The zero-order valence-electron chi connectivity index (χ0n) is 15.4. The van der Waals surface area contributed by atoms with Crippen LogP contribution in [0.25, 0.3) is 0 Å². The number of nitrogens with one attached hydrogen (secondary N) is 1. The predicted molar refractivity (Wildman–Crippen MR) is 99.7 cm³/mol. The Morgan fingerprint density at radius 3 is 2.61 bits per heavy atom. The van der Waals surface area contributed by atoms with E-state index in [0.29, 0.717) is 17.6 Å². The molecule has 8 heteroatoms. The topological polar surface area (TPSA) is 64.6 Å². The summed E-state index contributed by atoms with van der Waals surface area (Å²) in [6.45, 7) is 3.80. The molecule has 0 aliphatic carbocycles. The number of hydrogen-bond donors (Lipinski definition) is 1. The third-order valence-corrected chi connectivity index (χ3v) is 5.36. The first-order valence-corrected chi connectivity index (χ1v) is 10.00. The average molecular weight is 407 g/mol. The molecule has 0 fully saturated rings. The average Bonchev–Trinajstić information content (AvgIpc) is 2.91. The van der Waals surface area contributed by atoms with Gasteiger partial charge < -0.3 is 9.47 Å². The number of halogens is 2. The summed E-state index contributed by atoms with van der Waals surface area (Å²) in [5, 5.41) is 0. The summed E-state index contributed by atoms with van der Waals surface area (Å²) < 4.78 is 64.0. The van der Waals surface area contributed by atoms with Crippen LogP contribution < -0.4 is 14.2 Å². The second kappa shape index (κ2) is 7.78. The van der Waals surface area contributed by atoms with Crippen molar-refractivity contribution in [2.24, 2.45) is 0 Å². The number of benzene rings is 2. The van der Waals surface area contributed by atoms with Crippen LogP contribution in [0.4, 0.5) is 8.78 Å². The van der Waals surface area contributed by atoms with E-state index in [1.54, 1.807) is 6.07 Å². The number of fused-ring (bicyclic) bond motifs is 1. The van der Waals surface area contributed by atoms with Crippen LogP contribution in [0.3, 0.4) is 0 Å². The van der Waals surface area contributed by atoms with Crippen molar-refractivity contribution < 1.29 is 26.7 Å². The minimum absolute atomic E-state index is 0.0383. The van der Waals surface area contributed by atoms with Crippen LogP contribution in [0.2, 0.25) is 0 Å². The van der Waals surface area contributed by atoms with Gasteiger partial charge in [0.25, 0.3) is 0 Å². The quantitative estimate of drug-likeness (QED) is 0.774. The molecule has 0 unspecified atom stereocenters. The highest BCUT2D eigenvalue weighted by Crippen LogP contribution is 2.41. The maximum Gasteiger partial charge on any atom is 0.241 e. The van der Waals surface area contributed by atoms with Crippen LogP contribution >= 0.6 is 0 Å². The zero-order valence-corrected chi connectivity index (χ0v) is 16.2. The van der Waals surface area contributed by atoms with Gasteiger partial charge in [0.05, 0.1) is 11.4 Å². The minimum atomic E-state index is -4.06. The van der Waals surface area contributed by atoms with Crippen molar-refractivity contribution in [2.75, 3.05) is 13.2 Å². The Bertz CT molecular complexity index is 1040. The number of para-hydroxylation sites is 1. The van der Waals surface area contributed by atoms with Crippen molar-refractivity contribution >= 4 is 10.0 Å². The van der Waals surface area contributed by atoms with Crippen LogP contribution in [0.5, 0.6) is 11.5 Å². The fraction of sp³-hybridized carbons (Fsp3) is 0.300. The monoisotopic (exact) mass is 407 g/mol. The highest BCUT2D eigenvalue weighted by molar-refractivity contribution is 7.89. The molecule has 3 rings (SSSR count). The van der Waals surface area contributed by atoms with E-state index in [0.717, 1.165) is 24.1 Å². The molecule has 1 aliphatic rings. The Morgan fingerprint density at radius 2 is 1.89 bits per heavy atom. The summed E-state index contributed by atoms with van der Waals surface area (Å²) in [4.78, 5) is -0.498. The molecular weight excluding hydrogens is 388 g/mol. The van der Waals surface area contributed by atoms with Gasteiger partial charge in [0.15, 0.2) is 11.5 Å². The lowest BCUT2D eigenvalue weighted by Gasteiger charge is -2.17. The molecule has 28 heavy (non-hydrogen) atoms. The molecule has 1 aliphatic heterocycles. The van der Waals surface area contributed by atoms with E-state index < -0.39 is 26.6 Å². The Hall–Kier alpha value is -2.63. The van der Waals surface area contributed by atoms with Gasteiger partial charge >= 0.3 is 0 Å². The minimum Gasteiger partial charge on any atom is -0.483 e. The van der Waals surface area contributed by atoms with Crippen molar-refractivity contribution in [2.45, 2.75) is 30.8 Å². The van der Waals surface area contributed by atoms with E-state index in [9.17, 15) is 17.2 Å². The van der Waals surface area contributed by atoms with E-state index in [2.05, 4.69) is 16.6 Å². The van der Waals surface area contributed by atoms with Crippen LogP contribution in [-0.2, 0) is 16.4 Å². The molecule has 0 saturated heterocycles. The molecule has 148 valence electrons. The van der Waals surface area contributed by atoms with E-state index in [1.807, 2.05) is 26.0 Å². The van der Waals surface area contributed by atoms with Gasteiger partial charge in [-0.1, -0.05) is 24.0 Å². The molecule has 0 spiro atoms. The first kappa shape index (κ1) is 20.1. The van der Waals surface area contributed by atoms with Crippen molar-refractivity contribution in [3.63, 3.8) is 0 Å². The van der Waals surface area contributed by atoms with Gasteiger partial charge in [0.2, 0.25) is 10.0 Å². The number of rotatable bonds is 5. The summed E-state index contributed by atoms with van der Waals surface area (Å²) >= 11 is 0. The van der Waals surface area contributed by atoms with Crippen molar-refractivity contribution in [1.29, 1.82) is 0 Å². The zero-order chi connectivity index (χ0) is 20.4. The SMILES string of the molecule is CC1(C)Cc2cccc(OCC#CCNS(=O)(=O)c3cc(F)cc(F)c3)c2O1. The number of hydrogen-bond acceptors (Lipinski definition) is 4. The van der Waals surface area contributed by atoms with Gasteiger partial charge in [-0.25, -0.2) is 17.2 Å². The first-order valence-electron chi connectivity index (χ1n) is 8.51. The Balaban J connectivity index is 1.55. The van der Waals surface area contributed by atoms with Crippen molar-refractivity contribution in [3.8, 4) is 23.3 Å². The Morgan fingerprint density at radius 1 is 1.18 bits per heavy atom. The van der Waals surface area contributed by atoms with E-state index in [-0.39, 0.29) is 18.8 Å². The highest BCUT2D eigenvalue weighted by Gasteiger charge is 2.32. The third-order valence-electron chi connectivity index (χ3n) is 3.98. The molecule has 0 atom stereocenters. The highest BCUT2D eigenvalue weighted by atomic mass is 32.2. The smallest absolute Gasteiger partial charge is 0.241 e. The number of ether oxygens (including phenoxy) is 2. The van der Waals surface area contributed by atoms with Gasteiger partial charge in [-0.15, -0.1) is 0 Å². The van der Waals surface area contributed by atoms with Crippen LogP contribution in [0.15, 0.2) is 41.3 Å². The second-order valence-electron chi connectivity index (χ2n) is 6.85. The summed E-state index contributed by atoms with van der Waals surface area (Å²) in [6.07, 6.45) is 0.785. The molecule has 2 aromatic rings. The number of sulfonamides is 1. The van der Waals surface area contributed by atoms with Crippen molar-refractivity contribution in [1.82, 2.24) is 4.72 Å². The summed E-state index contributed by atoms with van der Waals surface area (Å²) in [5.41, 5.74) is 0.771. The molecule has 0 radical (unpaired) electrons. The largest absolute Gasteiger partial charge is 0.483 e. The van der Waals surface area contributed by atoms with Gasteiger partial charge in [-0.3, -0.25) is 0 Å².